The molecule has 3 N–H and O–H groups in total. The van der Waals surface area contributed by atoms with Gasteiger partial charge in [-0.1, -0.05) is 13.8 Å². The summed E-state index contributed by atoms with van der Waals surface area (Å²) in [6.07, 6.45) is -4.90. The molecule has 3 aromatic rings. The average molecular weight is 577 g/mol. The molecular formula is C29H31F3N2O7. The molecule has 2 aromatic carbocycles. The summed E-state index contributed by atoms with van der Waals surface area (Å²) in [6, 6.07) is 5.36. The number of aliphatic hydroxyl groups excluding tert-OH is 2. The Bertz CT molecular complexity index is 1600. The van der Waals surface area contributed by atoms with Gasteiger partial charge in [0, 0.05) is 39.8 Å². The zero-order valence-corrected chi connectivity index (χ0v) is 23.2. The molecule has 0 fully saturated rings. The van der Waals surface area contributed by atoms with Gasteiger partial charge in [0.05, 0.1) is 42.7 Å². The van der Waals surface area contributed by atoms with E-state index in [1.54, 1.807) is 6.92 Å². The number of amides is 1. The van der Waals surface area contributed by atoms with Gasteiger partial charge in [-0.15, -0.1) is 8.78 Å². The molecular weight excluding hydrogens is 545 g/mol. The zero-order valence-electron chi connectivity index (χ0n) is 23.2. The van der Waals surface area contributed by atoms with Crippen LogP contribution >= 0.6 is 0 Å². The van der Waals surface area contributed by atoms with E-state index in [1.165, 1.54) is 24.3 Å². The number of benzene rings is 2. The number of aliphatic hydroxyl groups is 2. The van der Waals surface area contributed by atoms with Crippen molar-refractivity contribution in [3.05, 3.63) is 46.9 Å². The molecule has 0 saturated carbocycles. The second-order valence-corrected chi connectivity index (χ2v) is 12.2. The van der Waals surface area contributed by atoms with Gasteiger partial charge in [-0.25, -0.2) is 4.39 Å². The van der Waals surface area contributed by atoms with Crippen LogP contribution in [0.25, 0.3) is 10.9 Å². The first-order valence-corrected chi connectivity index (χ1v) is 13.2. The van der Waals surface area contributed by atoms with E-state index in [1.807, 2.05) is 32.3 Å². The number of anilines is 1. The lowest BCUT2D eigenvalue weighted by atomic mass is 9.79. The number of nitrogens with one attached hydrogen (secondary N) is 1. The van der Waals surface area contributed by atoms with Crippen molar-refractivity contribution < 1.29 is 47.1 Å². The summed E-state index contributed by atoms with van der Waals surface area (Å²) < 4.78 is 65.6. The van der Waals surface area contributed by atoms with Crippen LogP contribution in [-0.4, -0.2) is 52.9 Å². The van der Waals surface area contributed by atoms with Crippen molar-refractivity contribution in [2.45, 2.75) is 70.0 Å². The minimum absolute atomic E-state index is 0.0360. The van der Waals surface area contributed by atoms with Crippen LogP contribution in [0.5, 0.6) is 17.2 Å². The second kappa shape index (κ2) is 8.76. The van der Waals surface area contributed by atoms with Crippen LogP contribution in [0.15, 0.2) is 24.3 Å². The lowest BCUT2D eigenvalue weighted by Gasteiger charge is -2.41. The highest BCUT2D eigenvalue weighted by Crippen LogP contribution is 2.51. The summed E-state index contributed by atoms with van der Waals surface area (Å²) in [4.78, 5) is 13.7. The number of aromatic nitrogens is 1. The molecule has 0 radical (unpaired) electrons. The molecule has 0 bridgehead atoms. The fourth-order valence-electron chi connectivity index (χ4n) is 6.01. The van der Waals surface area contributed by atoms with E-state index in [9.17, 15) is 23.8 Å². The first kappa shape index (κ1) is 27.7. The number of alkyl halides is 2. The predicted molar refractivity (Wildman–Crippen MR) is 141 cm³/mol. The van der Waals surface area contributed by atoms with Crippen LogP contribution in [0.4, 0.5) is 18.9 Å². The summed E-state index contributed by atoms with van der Waals surface area (Å²) in [6.45, 7) is 9.18. The summed E-state index contributed by atoms with van der Waals surface area (Å²) in [5, 5.41) is 23.2. The number of nitrogens with zero attached hydrogens (tertiary/aromatic N) is 1. The first-order valence-electron chi connectivity index (χ1n) is 13.2. The number of halogens is 3. The first-order chi connectivity index (χ1) is 19.1. The molecule has 3 aliphatic heterocycles. The number of rotatable bonds is 5. The largest absolute Gasteiger partial charge is 0.586 e. The van der Waals surface area contributed by atoms with Gasteiger partial charge in [0.1, 0.15) is 23.6 Å². The Morgan fingerprint density at radius 3 is 2.41 bits per heavy atom. The normalized spacial score (nSPS) is 23.6. The molecule has 3 aliphatic rings. The quantitative estimate of drug-likeness (QED) is 0.416. The number of carbonyl (C=O) groups is 1. The Labute approximate surface area is 233 Å². The van der Waals surface area contributed by atoms with Crippen molar-refractivity contribution in [3.63, 3.8) is 0 Å². The summed E-state index contributed by atoms with van der Waals surface area (Å²) in [5.41, 5.74) is -0.295. The SMILES string of the molecule is CC1(C)COC(C)(C)c2c1n(CC(O)CO)c1cc(F)c(NC(=O)[C@@]3(C)COc4cc5c(cc43)OC(F)(F)O5)cc21. The monoisotopic (exact) mass is 576 g/mol. The van der Waals surface area contributed by atoms with E-state index in [0.717, 1.165) is 11.3 Å². The standard InChI is InChI=1S/C29H31F3N2O7/c1-26(2)12-39-27(3,4)23-15-6-18(17(30)8-19(15)34(24(23)26)10-14(36)11-35)33-25(37)28(5)13-38-20-9-22-21(7-16(20)28)40-29(31,32)41-22/h6-9,14,35-36H,10-13H2,1-5H3,(H,33,37)/t14?,28-/m0/s1. The molecule has 0 spiro atoms. The molecule has 4 heterocycles. The van der Waals surface area contributed by atoms with Gasteiger partial charge in [0.15, 0.2) is 11.5 Å². The van der Waals surface area contributed by atoms with Crippen LogP contribution in [-0.2, 0) is 32.5 Å². The van der Waals surface area contributed by atoms with Crippen molar-refractivity contribution in [1.29, 1.82) is 0 Å². The Kier molecular flexibility index (Phi) is 5.91. The molecule has 9 nitrogen and oxygen atoms in total. The molecule has 12 heteroatoms. The Hall–Kier alpha value is -3.48. The number of hydrogen-bond acceptors (Lipinski definition) is 7. The third kappa shape index (κ3) is 4.22. The van der Waals surface area contributed by atoms with E-state index in [-0.39, 0.29) is 36.1 Å². The third-order valence-corrected chi connectivity index (χ3v) is 8.16. The lowest BCUT2D eigenvalue weighted by Crippen LogP contribution is -2.41. The fourth-order valence-corrected chi connectivity index (χ4v) is 6.01. The Morgan fingerprint density at radius 1 is 1.05 bits per heavy atom. The fraction of sp³-hybridized carbons (Fsp3) is 0.483. The minimum atomic E-state index is -3.83. The van der Waals surface area contributed by atoms with Crippen molar-refractivity contribution in [2.75, 3.05) is 25.1 Å². The lowest BCUT2D eigenvalue weighted by molar-refractivity contribution is -0.286. The topological polar surface area (TPSA) is 111 Å². The van der Waals surface area contributed by atoms with Crippen LogP contribution in [0.2, 0.25) is 0 Å². The highest BCUT2D eigenvalue weighted by molar-refractivity contribution is 6.02. The van der Waals surface area contributed by atoms with E-state index >= 15 is 4.39 Å². The number of fused-ring (bicyclic) bond motifs is 5. The number of ether oxygens (including phenoxy) is 4. The van der Waals surface area contributed by atoms with E-state index in [4.69, 9.17) is 9.47 Å². The highest BCUT2D eigenvalue weighted by atomic mass is 19.3. The number of hydrogen-bond donors (Lipinski definition) is 3. The summed E-state index contributed by atoms with van der Waals surface area (Å²) >= 11 is 0. The maximum Gasteiger partial charge on any atom is 0.586 e. The van der Waals surface area contributed by atoms with E-state index in [0.29, 0.717) is 23.1 Å². The maximum atomic E-state index is 15.7. The molecule has 1 amide bonds. The number of carbonyl (C=O) groups excluding carboxylic acids is 1. The second-order valence-electron chi connectivity index (χ2n) is 12.2. The molecule has 2 atom stereocenters. The Morgan fingerprint density at radius 2 is 1.73 bits per heavy atom. The molecule has 220 valence electrons. The molecule has 1 unspecified atom stereocenters. The van der Waals surface area contributed by atoms with Gasteiger partial charge < -0.3 is 39.0 Å². The van der Waals surface area contributed by atoms with Crippen molar-refractivity contribution >= 4 is 22.5 Å². The Balaban J connectivity index is 1.42. The highest BCUT2D eigenvalue weighted by Gasteiger charge is 2.49. The van der Waals surface area contributed by atoms with Crippen LogP contribution in [0, 0.1) is 5.82 Å². The summed E-state index contributed by atoms with van der Waals surface area (Å²) in [5.74, 6) is -1.57. The molecule has 6 rings (SSSR count). The van der Waals surface area contributed by atoms with E-state index < -0.39 is 47.2 Å². The van der Waals surface area contributed by atoms with Crippen LogP contribution in [0.3, 0.4) is 0 Å². The van der Waals surface area contributed by atoms with Crippen LogP contribution in [0.1, 0.15) is 51.4 Å². The summed E-state index contributed by atoms with van der Waals surface area (Å²) in [7, 11) is 0. The van der Waals surface area contributed by atoms with Crippen molar-refractivity contribution in [3.8, 4) is 17.2 Å². The van der Waals surface area contributed by atoms with Gasteiger partial charge in [-0.05, 0) is 32.9 Å². The van der Waals surface area contributed by atoms with Gasteiger partial charge >= 0.3 is 6.29 Å². The van der Waals surface area contributed by atoms with E-state index in [2.05, 4.69) is 14.8 Å². The van der Waals surface area contributed by atoms with Gasteiger partial charge in [0.25, 0.3) is 0 Å². The molecule has 41 heavy (non-hydrogen) atoms. The van der Waals surface area contributed by atoms with Crippen molar-refractivity contribution in [1.82, 2.24) is 4.57 Å². The molecule has 0 aliphatic carbocycles. The maximum absolute atomic E-state index is 15.7. The minimum Gasteiger partial charge on any atom is -0.492 e. The van der Waals surface area contributed by atoms with Crippen LogP contribution < -0.4 is 19.5 Å². The molecule has 1 aromatic heterocycles. The van der Waals surface area contributed by atoms with Gasteiger partial charge in [-0.3, -0.25) is 4.79 Å². The average Bonchev–Trinajstić information content (AvgIpc) is 3.50. The van der Waals surface area contributed by atoms with Crippen molar-refractivity contribution in [2.24, 2.45) is 0 Å². The van der Waals surface area contributed by atoms with Gasteiger partial charge in [-0.2, -0.15) is 0 Å². The smallest absolute Gasteiger partial charge is 0.492 e. The predicted octanol–water partition coefficient (Wildman–Crippen LogP) is 4.29. The molecule has 0 saturated heterocycles. The zero-order chi connectivity index (χ0) is 29.7. The van der Waals surface area contributed by atoms with Gasteiger partial charge in [0.2, 0.25) is 5.91 Å². The third-order valence-electron chi connectivity index (χ3n) is 8.16.